The van der Waals surface area contributed by atoms with Crippen LogP contribution in [-0.4, -0.2) is 91.8 Å². The summed E-state index contributed by atoms with van der Waals surface area (Å²) in [6, 6.07) is -2.26. The summed E-state index contributed by atoms with van der Waals surface area (Å²) in [5.41, 5.74) is 2.83. The molecule has 42 heavy (non-hydrogen) atoms. The predicted octanol–water partition coefficient (Wildman–Crippen LogP) is 1.74. The molecular weight excluding hydrogens is 606 g/mol. The number of anilines is 1. The molecule has 0 aliphatic carbocycles. The number of alkyl halides is 3. The van der Waals surface area contributed by atoms with Gasteiger partial charge in [-0.2, -0.15) is 0 Å². The van der Waals surface area contributed by atoms with E-state index in [1.165, 1.54) is 13.8 Å². The average molecular weight is 642 g/mol. The van der Waals surface area contributed by atoms with Crippen LogP contribution in [-0.2, 0) is 40.1 Å². The maximum Gasteiger partial charge on any atom is 0.323 e. The van der Waals surface area contributed by atoms with Crippen molar-refractivity contribution in [1.82, 2.24) is 29.7 Å². The van der Waals surface area contributed by atoms with E-state index in [4.69, 9.17) is 36.3 Å². The Balaban J connectivity index is 1.91. The van der Waals surface area contributed by atoms with Gasteiger partial charge in [-0.1, -0.05) is 0 Å². The minimum atomic E-state index is -3.82. The van der Waals surface area contributed by atoms with E-state index in [0.29, 0.717) is 0 Å². The van der Waals surface area contributed by atoms with E-state index in [9.17, 15) is 23.5 Å². The zero-order valence-corrected chi connectivity index (χ0v) is 25.4. The highest BCUT2D eigenvalue weighted by atomic mass is 32.4. The van der Waals surface area contributed by atoms with Gasteiger partial charge in [0.2, 0.25) is 0 Å². The lowest BCUT2D eigenvalue weighted by Gasteiger charge is -2.35. The van der Waals surface area contributed by atoms with Crippen LogP contribution in [0.5, 0.6) is 0 Å². The van der Waals surface area contributed by atoms with Gasteiger partial charge in [0.05, 0.1) is 25.1 Å². The molecule has 14 nitrogen and oxygen atoms in total. The molecule has 0 amide bonds. The maximum atomic E-state index is 15.6. The van der Waals surface area contributed by atoms with Gasteiger partial charge in [-0.05, 0) is 53.3 Å². The van der Waals surface area contributed by atoms with Crippen molar-refractivity contribution in [2.24, 2.45) is 0 Å². The first kappa shape index (κ1) is 34.0. The van der Waals surface area contributed by atoms with Crippen molar-refractivity contribution in [3.05, 3.63) is 12.7 Å². The third kappa shape index (κ3) is 7.35. The highest BCUT2D eigenvalue weighted by Gasteiger charge is 2.62. The molecule has 3 rings (SSSR count). The smallest absolute Gasteiger partial charge is 0.323 e. The molecule has 1 fully saturated rings. The third-order valence-corrected chi connectivity index (χ3v) is 8.94. The maximum absolute atomic E-state index is 15.6. The fraction of sp³-hybridized carbons (Fsp3) is 0.696. The number of ether oxygens (including phenoxy) is 3. The topological polar surface area (TPSA) is 185 Å². The molecular formula is C23H35F3N7O7PS. The highest BCUT2D eigenvalue weighted by molar-refractivity contribution is 8.10. The number of nitrogens with zero attached hydrogens (tertiary/aromatic N) is 4. The van der Waals surface area contributed by atoms with Gasteiger partial charge in [0.15, 0.2) is 36.0 Å². The van der Waals surface area contributed by atoms with Gasteiger partial charge in [0.25, 0.3) is 6.43 Å². The van der Waals surface area contributed by atoms with Crippen molar-refractivity contribution in [1.29, 1.82) is 0 Å². The average Bonchev–Trinajstić information content (AvgIpc) is 3.42. The van der Waals surface area contributed by atoms with Crippen LogP contribution in [0, 0.1) is 0 Å². The van der Waals surface area contributed by atoms with Crippen LogP contribution in [0.15, 0.2) is 12.7 Å². The van der Waals surface area contributed by atoms with Gasteiger partial charge in [0.1, 0.15) is 30.0 Å². The normalized spacial score (nSPS) is 25.6. The molecule has 236 valence electrons. The molecule has 0 aromatic carbocycles. The second-order valence-corrected chi connectivity index (χ2v) is 13.7. The van der Waals surface area contributed by atoms with Crippen molar-refractivity contribution in [2.45, 2.75) is 96.4 Å². The molecule has 5 N–H and O–H groups in total. The standard InChI is InChI=1S/C23H35F3N7O7PS/c1-10(2)38-20(35)12(5)31-41(42,32-13(6)21(36)39-11(3)4)37-7-23(22(25)26)16(24)15(34)19(40-23)33-9-30-14-17(27)28-8-29-18(14)33/h8-13,15-16,19,22,34H,7H2,1-6H3,(H2,27,28,29)(H2,31,32,42). The van der Waals surface area contributed by atoms with Gasteiger partial charge in [0, 0.05) is 0 Å². The summed E-state index contributed by atoms with van der Waals surface area (Å²) >= 11 is 5.57. The monoisotopic (exact) mass is 641 g/mol. The summed E-state index contributed by atoms with van der Waals surface area (Å²) in [6.45, 7) is 4.24. The zero-order valence-electron chi connectivity index (χ0n) is 23.7. The predicted molar refractivity (Wildman–Crippen MR) is 147 cm³/mol. The Labute approximate surface area is 245 Å². The largest absolute Gasteiger partial charge is 0.462 e. The van der Waals surface area contributed by atoms with Crippen LogP contribution >= 0.6 is 6.57 Å². The Morgan fingerprint density at radius 3 is 2.17 bits per heavy atom. The van der Waals surface area contributed by atoms with E-state index >= 15 is 4.39 Å². The van der Waals surface area contributed by atoms with Crippen LogP contribution in [0.3, 0.4) is 0 Å². The zero-order chi connectivity index (χ0) is 31.6. The molecule has 1 aliphatic heterocycles. The minimum absolute atomic E-state index is 0.00756. The number of carbonyl (C=O) groups excluding carboxylic acids is 2. The Hall–Kier alpha value is -2.47. The summed E-state index contributed by atoms with van der Waals surface area (Å²) in [5.74, 6) is -1.51. The summed E-state index contributed by atoms with van der Waals surface area (Å²) in [6.07, 6.45) is -8.83. The Bertz CT molecular complexity index is 1290. The molecule has 1 saturated heterocycles. The summed E-state index contributed by atoms with van der Waals surface area (Å²) in [7, 11) is 0. The lowest BCUT2D eigenvalue weighted by Crippen LogP contribution is -2.51. The van der Waals surface area contributed by atoms with Gasteiger partial charge >= 0.3 is 11.9 Å². The molecule has 0 bridgehead atoms. The second-order valence-electron chi connectivity index (χ2n) is 10.2. The van der Waals surface area contributed by atoms with Crippen molar-refractivity contribution in [3.8, 4) is 0 Å². The second kappa shape index (κ2) is 13.4. The molecule has 3 heterocycles. The summed E-state index contributed by atoms with van der Waals surface area (Å²) < 4.78 is 67.4. The molecule has 6 atom stereocenters. The molecule has 19 heteroatoms. The number of hydrogen-bond acceptors (Lipinski definition) is 12. The van der Waals surface area contributed by atoms with Crippen LogP contribution in [0.1, 0.15) is 47.8 Å². The van der Waals surface area contributed by atoms with E-state index in [-0.39, 0.29) is 17.0 Å². The molecule has 0 saturated carbocycles. The number of imidazole rings is 1. The number of esters is 2. The van der Waals surface area contributed by atoms with Crippen molar-refractivity contribution in [2.75, 3.05) is 12.3 Å². The number of halogens is 3. The third-order valence-electron chi connectivity index (χ3n) is 6.04. The van der Waals surface area contributed by atoms with Crippen molar-refractivity contribution in [3.63, 3.8) is 0 Å². The van der Waals surface area contributed by atoms with Gasteiger partial charge in [-0.25, -0.2) is 38.3 Å². The van der Waals surface area contributed by atoms with E-state index < -0.39 is 79.9 Å². The number of nitrogen functional groups attached to an aromatic ring is 1. The van der Waals surface area contributed by atoms with Crippen molar-refractivity contribution < 1.29 is 46.6 Å². The quantitative estimate of drug-likeness (QED) is 0.183. The number of fused-ring (bicyclic) bond motifs is 1. The summed E-state index contributed by atoms with van der Waals surface area (Å²) in [5, 5.41) is 16.1. The lowest BCUT2D eigenvalue weighted by atomic mass is 9.98. The number of aliphatic hydroxyl groups is 1. The number of aliphatic hydroxyl groups excluding tert-OH is 1. The van der Waals surface area contributed by atoms with E-state index in [1.54, 1.807) is 27.7 Å². The Morgan fingerprint density at radius 2 is 1.67 bits per heavy atom. The fourth-order valence-electron chi connectivity index (χ4n) is 4.01. The number of carbonyl (C=O) groups is 2. The molecule has 2 aromatic rings. The summed E-state index contributed by atoms with van der Waals surface area (Å²) in [4.78, 5) is 36.7. The van der Waals surface area contributed by atoms with Gasteiger partial charge in [-0.3, -0.25) is 14.2 Å². The number of hydrogen-bond donors (Lipinski definition) is 4. The van der Waals surface area contributed by atoms with E-state index in [1.807, 2.05) is 0 Å². The van der Waals surface area contributed by atoms with Crippen LogP contribution in [0.2, 0.25) is 0 Å². The van der Waals surface area contributed by atoms with Gasteiger partial charge < -0.3 is 29.6 Å². The van der Waals surface area contributed by atoms with E-state index in [0.717, 1.165) is 17.2 Å². The number of aromatic nitrogens is 4. The Kier molecular flexibility index (Phi) is 10.9. The lowest BCUT2D eigenvalue weighted by molar-refractivity contribution is -0.181. The molecule has 2 aromatic heterocycles. The van der Waals surface area contributed by atoms with Crippen LogP contribution in [0.4, 0.5) is 19.0 Å². The van der Waals surface area contributed by atoms with Crippen LogP contribution < -0.4 is 15.9 Å². The van der Waals surface area contributed by atoms with Crippen LogP contribution in [0.25, 0.3) is 11.2 Å². The molecule has 0 radical (unpaired) electrons. The molecule has 6 unspecified atom stereocenters. The molecule has 0 spiro atoms. The Morgan fingerprint density at radius 1 is 1.12 bits per heavy atom. The molecule has 1 aliphatic rings. The van der Waals surface area contributed by atoms with E-state index in [2.05, 4.69) is 25.1 Å². The van der Waals surface area contributed by atoms with Crippen molar-refractivity contribution >= 4 is 47.3 Å². The number of nitrogens with one attached hydrogen (secondary N) is 2. The highest BCUT2D eigenvalue weighted by Crippen LogP contribution is 2.48. The SMILES string of the molecule is CC(C)OC(=O)C(C)NP(=S)(NC(C)C(=O)OC(C)C)OCC1(C(F)F)OC(n2cnc3c(N)ncnc32)C(O)C1F. The first-order valence-corrected chi connectivity index (χ1v) is 15.7. The van der Waals surface area contributed by atoms with Gasteiger partial charge in [-0.15, -0.1) is 0 Å². The fourth-order valence-corrected chi connectivity index (χ4v) is 6.95. The first-order chi connectivity index (χ1) is 19.5. The minimum Gasteiger partial charge on any atom is -0.462 e. The number of rotatable bonds is 13. The first-order valence-electron chi connectivity index (χ1n) is 12.9. The number of nitrogens with two attached hydrogens (primary N) is 1.